The number of nitrogens with one attached hydrogen (secondary N) is 1. The average Bonchev–Trinajstić information content (AvgIpc) is 3.42. The number of aromatic amines is 1. The van der Waals surface area contributed by atoms with Crippen molar-refractivity contribution >= 4 is 33.4 Å². The lowest BCUT2D eigenvalue weighted by Gasteiger charge is -2.27. The molecule has 0 radical (unpaired) electrons. The molecule has 1 aliphatic heterocycles. The highest BCUT2D eigenvalue weighted by molar-refractivity contribution is 9.10. The third kappa shape index (κ3) is 4.31. The van der Waals surface area contributed by atoms with E-state index >= 15 is 0 Å². The van der Waals surface area contributed by atoms with Crippen LogP contribution in [0.2, 0.25) is 5.02 Å². The normalized spacial score (nSPS) is 14.7. The zero-order valence-corrected chi connectivity index (χ0v) is 21.9. The summed E-state index contributed by atoms with van der Waals surface area (Å²) in [5, 5.41) is 18.4. The Labute approximate surface area is 221 Å². The summed E-state index contributed by atoms with van der Waals surface area (Å²) >= 11 is 9.78. The molecule has 1 amide bonds. The number of carbonyl (C=O) groups is 1. The fourth-order valence-corrected chi connectivity index (χ4v) is 5.23. The van der Waals surface area contributed by atoms with Crippen LogP contribution in [-0.4, -0.2) is 46.9 Å². The topological polar surface area (TPSA) is 87.7 Å². The molecule has 1 unspecified atom stereocenters. The molecule has 7 nitrogen and oxygen atoms in total. The van der Waals surface area contributed by atoms with E-state index in [-0.39, 0.29) is 11.7 Å². The Hall–Kier alpha value is -3.49. The van der Waals surface area contributed by atoms with Crippen molar-refractivity contribution in [2.75, 3.05) is 20.8 Å². The summed E-state index contributed by atoms with van der Waals surface area (Å²) in [6, 6.07) is 18.0. The number of H-pyrrole nitrogens is 1. The lowest BCUT2D eigenvalue weighted by atomic mass is 9.95. The van der Waals surface area contributed by atoms with Crippen LogP contribution in [0.5, 0.6) is 17.2 Å². The summed E-state index contributed by atoms with van der Waals surface area (Å²) < 4.78 is 11.7. The van der Waals surface area contributed by atoms with Gasteiger partial charge in [0.1, 0.15) is 17.1 Å². The largest absolute Gasteiger partial charge is 0.507 e. The van der Waals surface area contributed by atoms with Crippen LogP contribution in [0.15, 0.2) is 65.1 Å². The van der Waals surface area contributed by atoms with Crippen molar-refractivity contribution in [2.45, 2.75) is 12.5 Å². The first-order valence-corrected chi connectivity index (χ1v) is 12.4. The molecule has 5 rings (SSSR count). The first-order chi connectivity index (χ1) is 17.4. The predicted octanol–water partition coefficient (Wildman–Crippen LogP) is 6.00. The number of hydrogen-bond donors (Lipinski definition) is 2. The van der Waals surface area contributed by atoms with Gasteiger partial charge in [-0.05, 0) is 60.0 Å². The molecule has 1 aliphatic rings. The molecule has 2 N–H and O–H groups in total. The van der Waals surface area contributed by atoms with E-state index in [1.165, 1.54) is 6.07 Å². The van der Waals surface area contributed by atoms with Crippen LogP contribution >= 0.6 is 27.5 Å². The Kier molecular flexibility index (Phi) is 6.64. The molecule has 36 heavy (non-hydrogen) atoms. The second-order valence-electron chi connectivity index (χ2n) is 8.42. The Morgan fingerprint density at radius 3 is 2.64 bits per heavy atom. The summed E-state index contributed by atoms with van der Waals surface area (Å²) in [6.07, 6.45) is 0.603. The molecular formula is C27H23BrClN3O4. The van der Waals surface area contributed by atoms with E-state index in [1.807, 2.05) is 47.4 Å². The molecule has 0 fully saturated rings. The number of halogens is 2. The SMILES string of the molecule is COc1ccc(CCN2C(=O)c3[nH]nc(-c4cc(Cl)ccc4O)c3C2c2cccc(Br)c2)cc1OC. The molecule has 3 aromatic carbocycles. The third-order valence-electron chi connectivity index (χ3n) is 6.33. The number of rotatable bonds is 7. The molecule has 4 aromatic rings. The summed E-state index contributed by atoms with van der Waals surface area (Å²) in [5.74, 6) is 1.17. The average molecular weight is 569 g/mol. The van der Waals surface area contributed by atoms with Gasteiger partial charge in [-0.15, -0.1) is 0 Å². The number of methoxy groups -OCH3 is 2. The number of fused-ring (bicyclic) bond motifs is 1. The summed E-state index contributed by atoms with van der Waals surface area (Å²) in [5.41, 5.74) is 4.01. The van der Waals surface area contributed by atoms with E-state index in [1.54, 1.807) is 26.4 Å². The van der Waals surface area contributed by atoms with Crippen molar-refractivity contribution in [3.63, 3.8) is 0 Å². The summed E-state index contributed by atoms with van der Waals surface area (Å²) in [4.78, 5) is 15.4. The quantitative estimate of drug-likeness (QED) is 0.285. The van der Waals surface area contributed by atoms with Crippen LogP contribution in [0.25, 0.3) is 11.3 Å². The van der Waals surface area contributed by atoms with Crippen molar-refractivity contribution < 1.29 is 19.4 Å². The van der Waals surface area contributed by atoms with Crippen molar-refractivity contribution in [3.05, 3.63) is 92.5 Å². The van der Waals surface area contributed by atoms with Crippen molar-refractivity contribution in [2.24, 2.45) is 0 Å². The molecule has 2 heterocycles. The highest BCUT2D eigenvalue weighted by Crippen LogP contribution is 2.45. The van der Waals surface area contributed by atoms with Crippen LogP contribution in [-0.2, 0) is 6.42 Å². The maximum atomic E-state index is 13.6. The fraction of sp³-hybridized carbons (Fsp3) is 0.185. The molecule has 0 spiro atoms. The van der Waals surface area contributed by atoms with Crippen molar-refractivity contribution in [3.8, 4) is 28.5 Å². The molecule has 1 aromatic heterocycles. The lowest BCUT2D eigenvalue weighted by Crippen LogP contribution is -2.31. The lowest BCUT2D eigenvalue weighted by molar-refractivity contribution is 0.0746. The number of aromatic nitrogens is 2. The fourth-order valence-electron chi connectivity index (χ4n) is 4.64. The minimum absolute atomic E-state index is 0.0397. The van der Waals surface area contributed by atoms with Gasteiger partial charge in [0, 0.05) is 27.2 Å². The standard InChI is InChI=1S/C27H23BrClN3O4/c1-35-21-9-6-15(12-22(21)36-2)10-11-32-26(16-4-3-5-17(28)13-16)23-24(30-31-25(23)27(32)34)19-14-18(29)7-8-20(19)33/h3-9,12-14,26,33H,10-11H2,1-2H3,(H,30,31). The van der Waals surface area contributed by atoms with E-state index in [9.17, 15) is 9.90 Å². The van der Waals surface area contributed by atoms with Gasteiger partial charge in [0.15, 0.2) is 11.5 Å². The number of ether oxygens (including phenoxy) is 2. The number of phenolic OH excluding ortho intramolecular Hbond substituents is 1. The van der Waals surface area contributed by atoms with Crippen LogP contribution < -0.4 is 9.47 Å². The van der Waals surface area contributed by atoms with Gasteiger partial charge in [-0.25, -0.2) is 0 Å². The Balaban J connectivity index is 1.56. The monoisotopic (exact) mass is 567 g/mol. The van der Waals surface area contributed by atoms with E-state index in [2.05, 4.69) is 26.1 Å². The van der Waals surface area contributed by atoms with Crippen LogP contribution in [0, 0.1) is 0 Å². The molecule has 1 atom stereocenters. The van der Waals surface area contributed by atoms with Gasteiger partial charge in [0.25, 0.3) is 5.91 Å². The van der Waals surface area contributed by atoms with Gasteiger partial charge in [-0.3, -0.25) is 9.89 Å². The molecule has 0 bridgehead atoms. The number of aromatic hydroxyl groups is 1. The van der Waals surface area contributed by atoms with Gasteiger partial charge in [0.05, 0.1) is 20.3 Å². The Morgan fingerprint density at radius 1 is 1.08 bits per heavy atom. The number of hydrogen-bond acceptors (Lipinski definition) is 5. The summed E-state index contributed by atoms with van der Waals surface area (Å²) in [6.45, 7) is 0.453. The number of amides is 1. The third-order valence-corrected chi connectivity index (χ3v) is 7.06. The molecule has 0 aliphatic carbocycles. The maximum absolute atomic E-state index is 13.6. The predicted molar refractivity (Wildman–Crippen MR) is 141 cm³/mol. The van der Waals surface area contributed by atoms with Gasteiger partial charge < -0.3 is 19.5 Å². The molecular weight excluding hydrogens is 546 g/mol. The molecule has 9 heteroatoms. The van der Waals surface area contributed by atoms with Gasteiger partial charge in [-0.1, -0.05) is 45.7 Å². The van der Waals surface area contributed by atoms with E-state index < -0.39 is 6.04 Å². The second-order valence-corrected chi connectivity index (χ2v) is 9.77. The van der Waals surface area contributed by atoms with Gasteiger partial charge in [-0.2, -0.15) is 5.10 Å². The smallest absolute Gasteiger partial charge is 0.273 e. The molecule has 0 saturated carbocycles. The van der Waals surface area contributed by atoms with Crippen LogP contribution in [0.3, 0.4) is 0 Å². The van der Waals surface area contributed by atoms with E-state index in [4.69, 9.17) is 21.1 Å². The van der Waals surface area contributed by atoms with Crippen molar-refractivity contribution in [1.82, 2.24) is 15.1 Å². The zero-order chi connectivity index (χ0) is 25.4. The second kappa shape index (κ2) is 9.87. The highest BCUT2D eigenvalue weighted by Gasteiger charge is 2.42. The Morgan fingerprint density at radius 2 is 1.89 bits per heavy atom. The first kappa shape index (κ1) is 24.2. The minimum atomic E-state index is -0.405. The van der Waals surface area contributed by atoms with Gasteiger partial charge >= 0.3 is 0 Å². The first-order valence-electron chi connectivity index (χ1n) is 11.3. The van der Waals surface area contributed by atoms with Crippen LogP contribution in [0.4, 0.5) is 0 Å². The number of benzene rings is 3. The van der Waals surface area contributed by atoms with Crippen LogP contribution in [0.1, 0.15) is 33.2 Å². The maximum Gasteiger partial charge on any atom is 0.273 e. The number of nitrogens with zero attached hydrogens (tertiary/aromatic N) is 2. The Bertz CT molecular complexity index is 1450. The highest BCUT2D eigenvalue weighted by atomic mass is 79.9. The minimum Gasteiger partial charge on any atom is -0.507 e. The molecule has 0 saturated heterocycles. The zero-order valence-electron chi connectivity index (χ0n) is 19.6. The number of carbonyl (C=O) groups excluding carboxylic acids is 1. The molecule has 184 valence electrons. The van der Waals surface area contributed by atoms with Gasteiger partial charge in [0.2, 0.25) is 0 Å². The van der Waals surface area contributed by atoms with E-state index in [0.29, 0.717) is 52.0 Å². The van der Waals surface area contributed by atoms with Crippen molar-refractivity contribution in [1.29, 1.82) is 0 Å². The number of phenols is 1. The summed E-state index contributed by atoms with van der Waals surface area (Å²) in [7, 11) is 3.20. The van der Waals surface area contributed by atoms with E-state index in [0.717, 1.165) is 15.6 Å².